The van der Waals surface area contributed by atoms with E-state index in [1.54, 1.807) is 6.07 Å². The Hall–Kier alpha value is -2.70. The first kappa shape index (κ1) is 10.8. The van der Waals surface area contributed by atoms with Crippen LogP contribution >= 0.6 is 0 Å². The van der Waals surface area contributed by atoms with E-state index >= 15 is 0 Å². The Morgan fingerprint density at radius 3 is 2.88 bits per heavy atom. The third-order valence-electron chi connectivity index (χ3n) is 1.89. The van der Waals surface area contributed by atoms with Crippen LogP contribution in [0.2, 0.25) is 0 Å². The summed E-state index contributed by atoms with van der Waals surface area (Å²) in [6, 6.07) is 7.30. The Bertz CT molecular complexity index is 559. The highest BCUT2D eigenvalue weighted by atomic mass is 16.6. The molecule has 1 aromatic heterocycles. The number of nitrogen functional groups attached to an aromatic ring is 1. The summed E-state index contributed by atoms with van der Waals surface area (Å²) < 4.78 is 5.24. The van der Waals surface area contributed by atoms with Gasteiger partial charge in [-0.25, -0.2) is 4.98 Å². The molecule has 2 N–H and O–H groups in total. The van der Waals surface area contributed by atoms with E-state index in [4.69, 9.17) is 10.5 Å². The molecule has 0 aliphatic carbocycles. The molecule has 0 spiro atoms. The summed E-state index contributed by atoms with van der Waals surface area (Å²) in [6.07, 6.45) is 1.44. The van der Waals surface area contributed by atoms with E-state index < -0.39 is 4.92 Å². The summed E-state index contributed by atoms with van der Waals surface area (Å²) in [6.45, 7) is 0. The Balaban J connectivity index is 2.24. The van der Waals surface area contributed by atoms with E-state index in [-0.39, 0.29) is 23.3 Å². The molecule has 0 bridgehead atoms. The van der Waals surface area contributed by atoms with Crippen LogP contribution in [0.4, 0.5) is 11.5 Å². The van der Waals surface area contributed by atoms with Gasteiger partial charge in [0.25, 0.3) is 5.69 Å². The van der Waals surface area contributed by atoms with Crippen molar-refractivity contribution in [1.29, 1.82) is 0 Å². The average molecular weight is 232 g/mol. The minimum absolute atomic E-state index is 0.0468. The first-order chi connectivity index (χ1) is 8.15. The maximum absolute atomic E-state index is 10.6. The molecule has 2 rings (SSSR count). The summed E-state index contributed by atoms with van der Waals surface area (Å²) in [7, 11) is 0. The van der Waals surface area contributed by atoms with Crippen LogP contribution in [0, 0.1) is 10.1 Å². The topological polar surface area (TPSA) is 104 Å². The second-order valence-corrected chi connectivity index (χ2v) is 3.12. The first-order valence-corrected chi connectivity index (χ1v) is 4.66. The molecule has 0 amide bonds. The van der Waals surface area contributed by atoms with Crippen LogP contribution in [-0.2, 0) is 0 Å². The molecule has 0 saturated carbocycles. The molecule has 0 aliphatic rings. The van der Waals surface area contributed by atoms with Crippen LogP contribution in [0.1, 0.15) is 0 Å². The summed E-state index contributed by atoms with van der Waals surface area (Å²) >= 11 is 0. The van der Waals surface area contributed by atoms with Gasteiger partial charge in [-0.3, -0.25) is 10.1 Å². The van der Waals surface area contributed by atoms with Crippen molar-refractivity contribution in [3.63, 3.8) is 0 Å². The minimum atomic E-state index is -0.507. The predicted molar refractivity (Wildman–Crippen MR) is 59.6 cm³/mol. The number of nitrogens with two attached hydrogens (primary N) is 1. The van der Waals surface area contributed by atoms with Gasteiger partial charge in [0.2, 0.25) is 0 Å². The van der Waals surface area contributed by atoms with Gasteiger partial charge >= 0.3 is 6.01 Å². The fraction of sp³-hybridized carbons (Fsp3) is 0. The molecule has 0 unspecified atom stereocenters. The minimum Gasteiger partial charge on any atom is -0.424 e. The van der Waals surface area contributed by atoms with Gasteiger partial charge in [-0.15, -0.1) is 0 Å². The van der Waals surface area contributed by atoms with Crippen molar-refractivity contribution < 1.29 is 9.66 Å². The number of hydrogen-bond acceptors (Lipinski definition) is 6. The number of nitro benzene ring substituents is 1. The highest BCUT2D eigenvalue weighted by molar-refractivity contribution is 5.39. The van der Waals surface area contributed by atoms with Gasteiger partial charge in [0.15, 0.2) is 0 Å². The SMILES string of the molecule is Nc1ccnc(Oc2cccc([N+](=O)[O-])c2)n1. The fourth-order valence-corrected chi connectivity index (χ4v) is 1.17. The number of nitrogens with zero attached hydrogens (tertiary/aromatic N) is 3. The molecule has 0 radical (unpaired) electrons. The number of hydrogen-bond donors (Lipinski definition) is 1. The van der Waals surface area contributed by atoms with Crippen molar-refractivity contribution in [3.05, 3.63) is 46.6 Å². The summed E-state index contributed by atoms with van der Waals surface area (Å²) in [5.41, 5.74) is 5.39. The van der Waals surface area contributed by atoms with Gasteiger partial charge in [0.05, 0.1) is 11.0 Å². The third-order valence-corrected chi connectivity index (χ3v) is 1.89. The molecule has 7 heteroatoms. The number of aromatic nitrogens is 2. The molecular weight excluding hydrogens is 224 g/mol. The van der Waals surface area contributed by atoms with Crippen molar-refractivity contribution in [1.82, 2.24) is 9.97 Å². The molecular formula is C10H8N4O3. The van der Waals surface area contributed by atoms with Crippen LogP contribution in [-0.4, -0.2) is 14.9 Å². The molecule has 2 aromatic rings. The Labute approximate surface area is 96.0 Å². The Morgan fingerprint density at radius 1 is 1.35 bits per heavy atom. The number of benzene rings is 1. The van der Waals surface area contributed by atoms with Gasteiger partial charge < -0.3 is 10.5 Å². The maximum Gasteiger partial charge on any atom is 0.323 e. The summed E-state index contributed by atoms with van der Waals surface area (Å²) in [4.78, 5) is 17.7. The highest BCUT2D eigenvalue weighted by Crippen LogP contribution is 2.22. The lowest BCUT2D eigenvalue weighted by atomic mass is 10.3. The lowest BCUT2D eigenvalue weighted by Crippen LogP contribution is -1.96. The molecule has 1 aromatic carbocycles. The average Bonchev–Trinajstić information content (AvgIpc) is 2.29. The van der Waals surface area contributed by atoms with Crippen molar-refractivity contribution in [3.8, 4) is 11.8 Å². The van der Waals surface area contributed by atoms with Crippen molar-refractivity contribution in [2.75, 3.05) is 5.73 Å². The second-order valence-electron chi connectivity index (χ2n) is 3.12. The maximum atomic E-state index is 10.6. The molecule has 86 valence electrons. The van der Waals surface area contributed by atoms with Gasteiger partial charge in [0.1, 0.15) is 11.6 Å². The number of anilines is 1. The predicted octanol–water partition coefficient (Wildman–Crippen LogP) is 1.76. The molecule has 17 heavy (non-hydrogen) atoms. The van der Waals surface area contributed by atoms with Gasteiger partial charge in [0, 0.05) is 12.3 Å². The normalized spacial score (nSPS) is 9.88. The van der Waals surface area contributed by atoms with E-state index in [0.29, 0.717) is 0 Å². The van der Waals surface area contributed by atoms with E-state index in [9.17, 15) is 10.1 Å². The molecule has 0 atom stereocenters. The van der Waals surface area contributed by atoms with Crippen molar-refractivity contribution >= 4 is 11.5 Å². The lowest BCUT2D eigenvalue weighted by molar-refractivity contribution is -0.384. The fourth-order valence-electron chi connectivity index (χ4n) is 1.17. The second kappa shape index (κ2) is 4.44. The zero-order valence-electron chi connectivity index (χ0n) is 8.61. The molecule has 0 fully saturated rings. The number of rotatable bonds is 3. The molecule has 7 nitrogen and oxygen atoms in total. The summed E-state index contributed by atoms with van der Waals surface area (Å²) in [5.74, 6) is 0.547. The van der Waals surface area contributed by atoms with Crippen LogP contribution in [0.25, 0.3) is 0 Å². The molecule has 0 saturated heterocycles. The third kappa shape index (κ3) is 2.65. The first-order valence-electron chi connectivity index (χ1n) is 4.66. The Morgan fingerprint density at radius 2 is 2.18 bits per heavy atom. The van der Waals surface area contributed by atoms with Crippen LogP contribution in [0.3, 0.4) is 0 Å². The van der Waals surface area contributed by atoms with E-state index in [1.165, 1.54) is 30.5 Å². The zero-order valence-corrected chi connectivity index (χ0v) is 8.61. The quantitative estimate of drug-likeness (QED) is 0.638. The molecule has 1 heterocycles. The van der Waals surface area contributed by atoms with Crippen LogP contribution in [0.15, 0.2) is 36.5 Å². The highest BCUT2D eigenvalue weighted by Gasteiger charge is 2.08. The number of nitro groups is 1. The van der Waals surface area contributed by atoms with Crippen LogP contribution < -0.4 is 10.5 Å². The monoisotopic (exact) mass is 232 g/mol. The standard InChI is InChI=1S/C10H8N4O3/c11-9-4-5-12-10(13-9)17-8-3-1-2-7(6-8)14(15)16/h1-6H,(H2,11,12,13). The van der Waals surface area contributed by atoms with Crippen molar-refractivity contribution in [2.45, 2.75) is 0 Å². The lowest BCUT2D eigenvalue weighted by Gasteiger charge is -2.03. The van der Waals surface area contributed by atoms with E-state index in [2.05, 4.69) is 9.97 Å². The van der Waals surface area contributed by atoms with Crippen LogP contribution in [0.5, 0.6) is 11.8 Å². The number of non-ortho nitro benzene ring substituents is 1. The number of ether oxygens (including phenoxy) is 1. The van der Waals surface area contributed by atoms with Gasteiger partial charge in [-0.05, 0) is 12.1 Å². The molecule has 0 aliphatic heterocycles. The smallest absolute Gasteiger partial charge is 0.323 e. The Kier molecular flexibility index (Phi) is 2.82. The van der Waals surface area contributed by atoms with E-state index in [1.807, 2.05) is 0 Å². The zero-order chi connectivity index (χ0) is 12.3. The van der Waals surface area contributed by atoms with Crippen molar-refractivity contribution in [2.24, 2.45) is 0 Å². The van der Waals surface area contributed by atoms with E-state index in [0.717, 1.165) is 0 Å². The summed E-state index contributed by atoms with van der Waals surface area (Å²) in [5, 5.41) is 10.6. The largest absolute Gasteiger partial charge is 0.424 e. The van der Waals surface area contributed by atoms with Gasteiger partial charge in [-0.2, -0.15) is 4.98 Å². The van der Waals surface area contributed by atoms with Gasteiger partial charge in [-0.1, -0.05) is 6.07 Å².